The van der Waals surface area contributed by atoms with E-state index in [0.717, 1.165) is 5.92 Å². The Bertz CT molecular complexity index is 697. The molecule has 0 spiro atoms. The molecule has 5 aliphatic rings. The third-order valence-corrected chi connectivity index (χ3v) is 6.76. The van der Waals surface area contributed by atoms with E-state index in [2.05, 4.69) is 27.7 Å². The van der Waals surface area contributed by atoms with Crippen molar-refractivity contribution in [3.05, 3.63) is 21.2 Å². The molecule has 1 saturated carbocycles. The van der Waals surface area contributed by atoms with E-state index < -0.39 is 0 Å². The van der Waals surface area contributed by atoms with Crippen molar-refractivity contribution in [1.82, 2.24) is 15.1 Å². The normalized spacial score (nSPS) is 38.2. The summed E-state index contributed by atoms with van der Waals surface area (Å²) >= 11 is 1.74. The number of carbonyl (C=O) groups is 1. The average Bonchev–Trinajstić information content (AvgIpc) is 2.97. The lowest BCUT2D eigenvalue weighted by molar-refractivity contribution is -0.0411. The van der Waals surface area contributed by atoms with Gasteiger partial charge < -0.3 is 10.2 Å². The lowest BCUT2D eigenvalue weighted by Crippen LogP contribution is -2.65. The molecule has 2 atom stereocenters. The van der Waals surface area contributed by atoms with Crippen LogP contribution in [0.5, 0.6) is 0 Å². The van der Waals surface area contributed by atoms with Crippen molar-refractivity contribution in [2.75, 3.05) is 26.2 Å². The summed E-state index contributed by atoms with van der Waals surface area (Å²) in [4.78, 5) is 17.1. The Morgan fingerprint density at radius 2 is 2.05 bits per heavy atom. The highest BCUT2D eigenvalue weighted by Crippen LogP contribution is 2.43. The van der Waals surface area contributed by atoms with E-state index in [1.165, 1.54) is 42.2 Å². The summed E-state index contributed by atoms with van der Waals surface area (Å²) in [5.41, 5.74) is 0. The molecule has 1 aromatic heterocycles. The minimum Gasteiger partial charge on any atom is -0.334 e. The number of nitrogens with one attached hydrogen (secondary N) is 1. The molecule has 4 nitrogen and oxygen atoms in total. The Morgan fingerprint density at radius 3 is 2.82 bits per heavy atom. The van der Waals surface area contributed by atoms with Gasteiger partial charge in [-0.1, -0.05) is 0 Å². The quantitative estimate of drug-likeness (QED) is 0.825. The minimum atomic E-state index is 0.0839. The van der Waals surface area contributed by atoms with Gasteiger partial charge in [0, 0.05) is 48.2 Å². The maximum absolute atomic E-state index is 12.7. The van der Waals surface area contributed by atoms with Gasteiger partial charge in [-0.2, -0.15) is 0 Å². The number of piperidine rings is 3. The zero-order valence-corrected chi connectivity index (χ0v) is 13.4. The van der Waals surface area contributed by atoms with Crippen LogP contribution in [0.1, 0.15) is 12.8 Å². The molecule has 4 bridgehead atoms. The van der Waals surface area contributed by atoms with Gasteiger partial charge in [0.05, 0.1) is 0 Å². The highest BCUT2D eigenvalue weighted by atomic mass is 32.1. The van der Waals surface area contributed by atoms with Crippen LogP contribution in [0.25, 0.3) is 12.3 Å². The predicted molar refractivity (Wildman–Crippen MR) is 87.7 cm³/mol. The van der Waals surface area contributed by atoms with Crippen molar-refractivity contribution in [2.24, 2.45) is 17.8 Å². The van der Waals surface area contributed by atoms with Crippen molar-refractivity contribution in [3.8, 4) is 0 Å². The Labute approximate surface area is 134 Å². The van der Waals surface area contributed by atoms with Crippen LogP contribution >= 0.6 is 11.3 Å². The number of urea groups is 1. The highest BCUT2D eigenvalue weighted by molar-refractivity contribution is 7.07. The smallest absolute Gasteiger partial charge is 0.321 e. The summed E-state index contributed by atoms with van der Waals surface area (Å²) in [6.45, 7) is 4.35. The van der Waals surface area contributed by atoms with Gasteiger partial charge in [-0.3, -0.25) is 4.90 Å². The van der Waals surface area contributed by atoms with E-state index >= 15 is 0 Å². The maximum atomic E-state index is 12.7. The molecular weight excluding hydrogens is 294 g/mol. The standard InChI is InChI=1S/C17H21N3OS/c21-17(20-3-1-15-12(10-20)2-4-22-15)18-16-13-5-11-6-14(16)9-19(7-11)8-13/h1-2,4,10-11,13-14,16H,3,5-9H2,(H,18,21). The fraction of sp³-hybridized carbons (Fsp3) is 0.588. The van der Waals surface area contributed by atoms with Crippen molar-refractivity contribution < 1.29 is 4.79 Å². The van der Waals surface area contributed by atoms with Gasteiger partial charge in [0.1, 0.15) is 0 Å². The summed E-state index contributed by atoms with van der Waals surface area (Å²) in [7, 11) is 0. The SMILES string of the molecule is O=C(NC1C2CC3CC1CN(C3)C2)N1C=c2ccsc2=CC1. The molecule has 3 saturated heterocycles. The van der Waals surface area contributed by atoms with E-state index in [-0.39, 0.29) is 6.03 Å². The molecule has 1 aromatic rings. The molecule has 116 valence electrons. The molecule has 6 rings (SSSR count). The van der Waals surface area contributed by atoms with Crippen LogP contribution in [-0.4, -0.2) is 48.1 Å². The number of fused-ring (bicyclic) bond motifs is 1. The summed E-state index contributed by atoms with van der Waals surface area (Å²) in [5, 5.41) is 6.62. The zero-order chi connectivity index (χ0) is 14.7. The highest BCUT2D eigenvalue weighted by Gasteiger charge is 2.48. The van der Waals surface area contributed by atoms with Gasteiger partial charge in [0.2, 0.25) is 0 Å². The summed E-state index contributed by atoms with van der Waals surface area (Å²) in [5.74, 6) is 2.22. The second kappa shape index (κ2) is 4.83. The number of thiophene rings is 1. The lowest BCUT2D eigenvalue weighted by Gasteiger charge is -2.56. The summed E-state index contributed by atoms with van der Waals surface area (Å²) in [6, 6.07) is 2.56. The number of hydrogen-bond donors (Lipinski definition) is 1. The van der Waals surface area contributed by atoms with Crippen LogP contribution in [0, 0.1) is 17.8 Å². The maximum Gasteiger partial charge on any atom is 0.321 e. The molecule has 4 aliphatic heterocycles. The average molecular weight is 315 g/mol. The Hall–Kier alpha value is -1.33. The molecular formula is C17H21N3OS. The van der Waals surface area contributed by atoms with Crippen molar-refractivity contribution >= 4 is 29.6 Å². The largest absolute Gasteiger partial charge is 0.334 e. The van der Waals surface area contributed by atoms with E-state index in [9.17, 15) is 4.79 Å². The van der Waals surface area contributed by atoms with Crippen LogP contribution in [0.15, 0.2) is 11.4 Å². The van der Waals surface area contributed by atoms with Gasteiger partial charge >= 0.3 is 6.03 Å². The van der Waals surface area contributed by atoms with Gasteiger partial charge in [0.25, 0.3) is 0 Å². The van der Waals surface area contributed by atoms with Crippen LogP contribution in [-0.2, 0) is 0 Å². The monoisotopic (exact) mass is 315 g/mol. The number of amides is 2. The first-order chi connectivity index (χ1) is 10.8. The minimum absolute atomic E-state index is 0.0839. The Kier molecular flexibility index (Phi) is 2.89. The lowest BCUT2D eigenvalue weighted by atomic mass is 9.65. The van der Waals surface area contributed by atoms with Crippen molar-refractivity contribution in [3.63, 3.8) is 0 Å². The van der Waals surface area contributed by atoms with Crippen LogP contribution < -0.4 is 15.1 Å². The van der Waals surface area contributed by atoms with E-state index in [1.54, 1.807) is 11.3 Å². The van der Waals surface area contributed by atoms with E-state index in [1.807, 2.05) is 11.1 Å². The third-order valence-electron chi connectivity index (χ3n) is 5.84. The first-order valence-electron chi connectivity index (χ1n) is 8.31. The molecule has 2 unspecified atom stereocenters. The van der Waals surface area contributed by atoms with Crippen molar-refractivity contribution in [2.45, 2.75) is 18.9 Å². The molecule has 5 heteroatoms. The van der Waals surface area contributed by atoms with E-state index in [4.69, 9.17) is 0 Å². The summed E-state index contributed by atoms with van der Waals surface area (Å²) < 4.78 is 1.28. The van der Waals surface area contributed by atoms with Gasteiger partial charge in [-0.15, -0.1) is 11.3 Å². The second-order valence-corrected chi connectivity index (χ2v) is 8.22. The van der Waals surface area contributed by atoms with Gasteiger partial charge in [0.15, 0.2) is 0 Å². The molecule has 5 heterocycles. The van der Waals surface area contributed by atoms with Crippen LogP contribution in [0.3, 0.4) is 0 Å². The number of carbonyl (C=O) groups excluding carboxylic acids is 1. The molecule has 1 N–H and O–H groups in total. The number of rotatable bonds is 1. The molecule has 0 aromatic carbocycles. The first kappa shape index (κ1) is 13.1. The van der Waals surface area contributed by atoms with Crippen LogP contribution in [0.2, 0.25) is 0 Å². The second-order valence-electron chi connectivity index (χ2n) is 7.28. The fourth-order valence-corrected chi connectivity index (χ4v) is 5.80. The summed E-state index contributed by atoms with van der Waals surface area (Å²) in [6.07, 6.45) is 6.77. The fourth-order valence-electron chi connectivity index (χ4n) is 5.02. The molecule has 0 radical (unpaired) electrons. The number of hydrogen-bond acceptors (Lipinski definition) is 3. The van der Waals surface area contributed by atoms with E-state index in [0.29, 0.717) is 24.4 Å². The first-order valence-corrected chi connectivity index (χ1v) is 9.19. The zero-order valence-electron chi connectivity index (χ0n) is 12.6. The number of nitrogens with zero attached hydrogens (tertiary/aromatic N) is 2. The molecule has 1 aliphatic carbocycles. The molecule has 4 fully saturated rings. The molecule has 2 amide bonds. The third kappa shape index (κ3) is 2.02. The Balaban J connectivity index is 1.33. The van der Waals surface area contributed by atoms with Crippen LogP contribution in [0.4, 0.5) is 4.79 Å². The van der Waals surface area contributed by atoms with Gasteiger partial charge in [-0.05, 0) is 48.1 Å². The predicted octanol–water partition coefficient (Wildman–Crippen LogP) is 0.632. The topological polar surface area (TPSA) is 35.6 Å². The molecule has 22 heavy (non-hydrogen) atoms. The van der Waals surface area contributed by atoms with Crippen molar-refractivity contribution in [1.29, 1.82) is 0 Å². The Morgan fingerprint density at radius 1 is 1.23 bits per heavy atom. The van der Waals surface area contributed by atoms with Gasteiger partial charge in [-0.25, -0.2) is 4.79 Å².